The van der Waals surface area contributed by atoms with Gasteiger partial charge in [0.05, 0.1) is 0 Å². The van der Waals surface area contributed by atoms with Gasteiger partial charge >= 0.3 is 0 Å². The van der Waals surface area contributed by atoms with E-state index >= 15 is 0 Å². The lowest BCUT2D eigenvalue weighted by atomic mass is 9.97. The van der Waals surface area contributed by atoms with E-state index in [1.165, 1.54) is 6.07 Å². The van der Waals surface area contributed by atoms with E-state index < -0.39 is 11.2 Å². The molecule has 2 nitrogen and oxygen atoms in total. The average Bonchev–Trinajstić information content (AvgIpc) is 2.47. The monoisotopic (exact) mass is 288 g/mol. The lowest BCUT2D eigenvalue weighted by Gasteiger charge is -2.31. The summed E-state index contributed by atoms with van der Waals surface area (Å²) in [5, 5.41) is 0. The Morgan fingerprint density at radius 2 is 1.24 bits per heavy atom. The van der Waals surface area contributed by atoms with Crippen LogP contribution in [0, 0.1) is 5.82 Å². The molecule has 0 aliphatic heterocycles. The Bertz CT molecular complexity index is 591. The Hall–Kier alpha value is -1.71. The maximum absolute atomic E-state index is 13.9. The van der Waals surface area contributed by atoms with E-state index in [9.17, 15) is 4.39 Å². The van der Waals surface area contributed by atoms with Crippen molar-refractivity contribution in [2.24, 2.45) is 0 Å². The van der Waals surface area contributed by atoms with E-state index in [0.717, 1.165) is 5.56 Å². The van der Waals surface area contributed by atoms with Crippen LogP contribution in [0.15, 0.2) is 54.6 Å². The quantitative estimate of drug-likeness (QED) is 0.573. The van der Waals surface area contributed by atoms with Crippen molar-refractivity contribution in [3.63, 3.8) is 0 Å². The molecule has 0 unspecified atom stereocenters. The molecular weight excluding hydrogens is 267 g/mol. The van der Waals surface area contributed by atoms with Crippen LogP contribution in [0.5, 0.6) is 0 Å². The van der Waals surface area contributed by atoms with Crippen LogP contribution in [0.3, 0.4) is 0 Å². The van der Waals surface area contributed by atoms with Crippen LogP contribution in [-0.2, 0) is 21.0 Å². The fourth-order valence-corrected chi connectivity index (χ4v) is 2.09. The first-order valence-corrected chi connectivity index (χ1v) is 7.00. The predicted molar refractivity (Wildman–Crippen MR) is 81.1 cm³/mol. The number of rotatable bonds is 5. The van der Waals surface area contributed by atoms with Crippen molar-refractivity contribution in [2.75, 3.05) is 0 Å². The van der Waals surface area contributed by atoms with E-state index in [-0.39, 0.29) is 5.82 Å². The van der Waals surface area contributed by atoms with Crippen molar-refractivity contribution in [3.05, 3.63) is 71.5 Å². The Morgan fingerprint density at radius 1 is 0.714 bits per heavy atom. The van der Waals surface area contributed by atoms with E-state index in [1.54, 1.807) is 32.0 Å². The second-order valence-electron chi connectivity index (χ2n) is 6.03. The van der Waals surface area contributed by atoms with Gasteiger partial charge in [-0.1, -0.05) is 48.5 Å². The van der Waals surface area contributed by atoms with Crippen LogP contribution in [-0.4, -0.2) is 0 Å². The molecule has 112 valence electrons. The minimum absolute atomic E-state index is 0.302. The molecule has 0 atom stereocenters. The molecule has 0 aliphatic carbocycles. The Morgan fingerprint density at radius 3 is 1.86 bits per heavy atom. The Kier molecular flexibility index (Phi) is 4.45. The van der Waals surface area contributed by atoms with Gasteiger partial charge in [-0.3, -0.25) is 0 Å². The summed E-state index contributed by atoms with van der Waals surface area (Å²) in [5.41, 5.74) is -0.0375. The topological polar surface area (TPSA) is 18.5 Å². The lowest BCUT2D eigenvalue weighted by molar-refractivity contribution is -0.410. The molecule has 0 N–H and O–H groups in total. The van der Waals surface area contributed by atoms with Crippen LogP contribution in [0.25, 0.3) is 0 Å². The van der Waals surface area contributed by atoms with Crippen molar-refractivity contribution in [1.82, 2.24) is 0 Å². The molecular formula is C18H21FO2. The van der Waals surface area contributed by atoms with Crippen LogP contribution in [0.1, 0.15) is 38.8 Å². The summed E-state index contributed by atoms with van der Waals surface area (Å²) >= 11 is 0. The van der Waals surface area contributed by atoms with Gasteiger partial charge in [-0.05, 0) is 39.3 Å². The zero-order chi connectivity index (χ0) is 15.5. The third kappa shape index (κ3) is 3.69. The zero-order valence-corrected chi connectivity index (χ0v) is 12.9. The molecule has 0 spiro atoms. The van der Waals surface area contributed by atoms with Crippen molar-refractivity contribution in [2.45, 2.75) is 38.9 Å². The minimum atomic E-state index is -0.878. The van der Waals surface area contributed by atoms with E-state index in [0.29, 0.717) is 5.56 Å². The summed E-state index contributed by atoms with van der Waals surface area (Å²) in [7, 11) is 0. The average molecular weight is 288 g/mol. The van der Waals surface area contributed by atoms with Gasteiger partial charge < -0.3 is 0 Å². The Balaban J connectivity index is 2.13. The lowest BCUT2D eigenvalue weighted by Crippen LogP contribution is -2.30. The third-order valence-corrected chi connectivity index (χ3v) is 3.45. The van der Waals surface area contributed by atoms with Crippen LogP contribution in [0.2, 0.25) is 0 Å². The van der Waals surface area contributed by atoms with Gasteiger partial charge in [0.2, 0.25) is 0 Å². The molecule has 3 heteroatoms. The molecule has 2 aromatic carbocycles. The molecule has 0 saturated carbocycles. The molecule has 0 bridgehead atoms. The van der Waals surface area contributed by atoms with Gasteiger partial charge in [0.15, 0.2) is 0 Å². The SMILES string of the molecule is CC(C)(OOC(C)(C)c1ccccc1F)c1ccccc1. The first kappa shape index (κ1) is 15.7. The van der Waals surface area contributed by atoms with Gasteiger partial charge in [0.1, 0.15) is 17.0 Å². The summed E-state index contributed by atoms with van der Waals surface area (Å²) in [4.78, 5) is 11.2. The highest BCUT2D eigenvalue weighted by atomic mass is 19.1. The molecule has 21 heavy (non-hydrogen) atoms. The summed E-state index contributed by atoms with van der Waals surface area (Å²) in [6.07, 6.45) is 0. The summed E-state index contributed by atoms with van der Waals surface area (Å²) in [6.45, 7) is 7.40. The molecule has 0 aliphatic rings. The summed E-state index contributed by atoms with van der Waals surface area (Å²) in [6, 6.07) is 16.3. The smallest absolute Gasteiger partial charge is 0.129 e. The second kappa shape index (κ2) is 5.96. The molecule has 2 aromatic rings. The van der Waals surface area contributed by atoms with Gasteiger partial charge in [0.25, 0.3) is 0 Å². The molecule has 0 radical (unpaired) electrons. The molecule has 0 saturated heterocycles. The van der Waals surface area contributed by atoms with E-state index in [4.69, 9.17) is 9.78 Å². The van der Waals surface area contributed by atoms with Crippen molar-refractivity contribution < 1.29 is 14.2 Å². The summed E-state index contributed by atoms with van der Waals surface area (Å²) < 4.78 is 13.9. The highest BCUT2D eigenvalue weighted by Gasteiger charge is 2.31. The molecule has 0 fully saturated rings. The third-order valence-electron chi connectivity index (χ3n) is 3.45. The minimum Gasteiger partial charge on any atom is -0.225 e. The number of hydrogen-bond donors (Lipinski definition) is 0. The molecule has 0 aromatic heterocycles. The summed E-state index contributed by atoms with van der Waals surface area (Å²) in [5.74, 6) is -0.302. The molecule has 0 amide bonds. The zero-order valence-electron chi connectivity index (χ0n) is 12.9. The largest absolute Gasteiger partial charge is 0.225 e. The fourth-order valence-electron chi connectivity index (χ4n) is 2.09. The van der Waals surface area contributed by atoms with Crippen LogP contribution in [0.4, 0.5) is 4.39 Å². The van der Waals surface area contributed by atoms with E-state index in [2.05, 4.69) is 0 Å². The Labute approximate surface area is 125 Å². The standard InChI is InChI=1S/C18H21FO2/c1-17(2,14-10-6-5-7-11-14)20-21-18(3,4)15-12-8-9-13-16(15)19/h5-13H,1-4H3. The van der Waals surface area contributed by atoms with Gasteiger partial charge in [-0.25, -0.2) is 14.2 Å². The highest BCUT2D eigenvalue weighted by molar-refractivity contribution is 5.23. The highest BCUT2D eigenvalue weighted by Crippen LogP contribution is 2.32. The number of benzene rings is 2. The van der Waals surface area contributed by atoms with Crippen molar-refractivity contribution in [3.8, 4) is 0 Å². The number of hydrogen-bond acceptors (Lipinski definition) is 2. The first-order valence-electron chi connectivity index (χ1n) is 7.00. The normalized spacial score (nSPS) is 12.4. The molecule has 2 rings (SSSR count). The fraction of sp³-hybridized carbons (Fsp3) is 0.333. The first-order chi connectivity index (χ1) is 9.83. The van der Waals surface area contributed by atoms with Gasteiger partial charge in [0, 0.05) is 5.56 Å². The molecule has 0 heterocycles. The second-order valence-corrected chi connectivity index (χ2v) is 6.03. The van der Waals surface area contributed by atoms with Crippen molar-refractivity contribution >= 4 is 0 Å². The van der Waals surface area contributed by atoms with Crippen LogP contribution >= 0.6 is 0 Å². The van der Waals surface area contributed by atoms with Gasteiger partial charge in [-0.15, -0.1) is 0 Å². The van der Waals surface area contributed by atoms with Crippen LogP contribution < -0.4 is 0 Å². The maximum Gasteiger partial charge on any atom is 0.129 e. The van der Waals surface area contributed by atoms with Crippen molar-refractivity contribution in [1.29, 1.82) is 0 Å². The predicted octanol–water partition coefficient (Wildman–Crippen LogP) is 4.94. The maximum atomic E-state index is 13.9. The van der Waals surface area contributed by atoms with E-state index in [1.807, 2.05) is 44.2 Å². The number of halogens is 1. The van der Waals surface area contributed by atoms with Gasteiger partial charge in [-0.2, -0.15) is 0 Å².